The summed E-state index contributed by atoms with van der Waals surface area (Å²) in [7, 11) is 0.663. The summed E-state index contributed by atoms with van der Waals surface area (Å²) in [5, 5.41) is 0. The number of carbonyl (C=O) groups excluding carboxylic acids is 1. The summed E-state index contributed by atoms with van der Waals surface area (Å²) in [6, 6.07) is 0.422. The van der Waals surface area contributed by atoms with E-state index in [4.69, 9.17) is 0 Å². The molecule has 0 bridgehead atoms. The lowest BCUT2D eigenvalue weighted by molar-refractivity contribution is -0.130. The molecule has 7 heteroatoms. The largest absolute Gasteiger partial charge is 0.344 e. The van der Waals surface area contributed by atoms with Crippen LogP contribution in [0.25, 0.3) is 0 Å². The van der Waals surface area contributed by atoms with Gasteiger partial charge < -0.3 is 9.80 Å². The first-order valence-electron chi connectivity index (χ1n) is 6.68. The van der Waals surface area contributed by atoms with Gasteiger partial charge in [-0.05, 0) is 26.4 Å². The van der Waals surface area contributed by atoms with E-state index < -0.39 is 10.0 Å². The Bertz CT molecular complexity index is 397. The average Bonchev–Trinajstić information content (AvgIpc) is 2.30. The second-order valence-electron chi connectivity index (χ2n) is 5.32. The predicted octanol–water partition coefficient (Wildman–Crippen LogP) is -0.132. The van der Waals surface area contributed by atoms with Gasteiger partial charge in [0.1, 0.15) is 0 Å². The van der Waals surface area contributed by atoms with Gasteiger partial charge in [0.15, 0.2) is 0 Å². The van der Waals surface area contributed by atoms with Gasteiger partial charge >= 0.3 is 0 Å². The lowest BCUT2D eigenvalue weighted by Crippen LogP contribution is -2.45. The zero-order valence-corrected chi connectivity index (χ0v) is 12.9. The molecule has 0 aliphatic carbocycles. The van der Waals surface area contributed by atoms with Gasteiger partial charge in [-0.15, -0.1) is 0 Å². The fourth-order valence-electron chi connectivity index (χ4n) is 2.33. The Morgan fingerprint density at radius 3 is 2.68 bits per heavy atom. The summed E-state index contributed by atoms with van der Waals surface area (Å²) in [4.78, 5) is 15.9. The first-order chi connectivity index (χ1) is 8.79. The van der Waals surface area contributed by atoms with E-state index in [0.29, 0.717) is 12.6 Å². The zero-order chi connectivity index (χ0) is 14.5. The molecule has 0 saturated carbocycles. The van der Waals surface area contributed by atoms with Crippen molar-refractivity contribution in [1.82, 2.24) is 14.5 Å². The van der Waals surface area contributed by atoms with E-state index in [-0.39, 0.29) is 18.9 Å². The number of rotatable bonds is 6. The van der Waals surface area contributed by atoms with Crippen molar-refractivity contribution in [3.63, 3.8) is 0 Å². The molecular weight excluding hydrogens is 266 g/mol. The number of sulfonamides is 1. The third-order valence-electron chi connectivity index (χ3n) is 3.53. The van der Waals surface area contributed by atoms with Gasteiger partial charge in [-0.3, -0.25) is 4.79 Å². The molecule has 1 unspecified atom stereocenters. The normalized spacial score (nSPS) is 21.3. The van der Waals surface area contributed by atoms with Crippen molar-refractivity contribution in [3.05, 3.63) is 0 Å². The number of hydrogen-bond donors (Lipinski definition) is 1. The summed E-state index contributed by atoms with van der Waals surface area (Å²) in [6.07, 6.45) is 4.86. The van der Waals surface area contributed by atoms with Crippen molar-refractivity contribution in [2.24, 2.45) is 0 Å². The molecule has 1 atom stereocenters. The van der Waals surface area contributed by atoms with Gasteiger partial charge in [0, 0.05) is 32.6 Å². The van der Waals surface area contributed by atoms with Crippen LogP contribution in [-0.2, 0) is 14.8 Å². The van der Waals surface area contributed by atoms with E-state index in [1.54, 1.807) is 11.9 Å². The van der Waals surface area contributed by atoms with Crippen molar-refractivity contribution >= 4 is 15.9 Å². The standard InChI is InChI=1S/C12H25N3O3S/c1-14-9-5-4-6-11(14)10-15(2)12(16)7-8-13-19(3,17)18/h11,13H,4-10H2,1-3H3. The molecule has 1 aliphatic rings. The van der Waals surface area contributed by atoms with Crippen LogP contribution in [0, 0.1) is 0 Å². The number of nitrogens with zero attached hydrogens (tertiary/aromatic N) is 2. The minimum absolute atomic E-state index is 0.0184. The average molecular weight is 291 g/mol. The van der Waals surface area contributed by atoms with Crippen LogP contribution < -0.4 is 4.72 Å². The number of likely N-dealkylation sites (tertiary alicyclic amines) is 1. The molecule has 19 heavy (non-hydrogen) atoms. The number of nitrogens with one attached hydrogen (secondary N) is 1. The summed E-state index contributed by atoms with van der Waals surface area (Å²) >= 11 is 0. The maximum Gasteiger partial charge on any atom is 0.223 e. The minimum Gasteiger partial charge on any atom is -0.344 e. The van der Waals surface area contributed by atoms with E-state index in [2.05, 4.69) is 16.7 Å². The van der Waals surface area contributed by atoms with Crippen molar-refractivity contribution in [2.45, 2.75) is 31.7 Å². The van der Waals surface area contributed by atoms with Crippen molar-refractivity contribution in [1.29, 1.82) is 0 Å². The number of hydrogen-bond acceptors (Lipinski definition) is 4. The molecule has 0 aromatic rings. The van der Waals surface area contributed by atoms with Crippen LogP contribution >= 0.6 is 0 Å². The second-order valence-corrected chi connectivity index (χ2v) is 7.15. The molecular formula is C12H25N3O3S. The van der Waals surface area contributed by atoms with E-state index in [9.17, 15) is 13.2 Å². The highest BCUT2D eigenvalue weighted by Gasteiger charge is 2.22. The Balaban J connectivity index is 2.31. The van der Waals surface area contributed by atoms with Crippen LogP contribution in [0.15, 0.2) is 0 Å². The molecule has 1 N–H and O–H groups in total. The van der Waals surface area contributed by atoms with Crippen molar-refractivity contribution in [2.75, 3.05) is 40.0 Å². The maximum absolute atomic E-state index is 11.9. The van der Waals surface area contributed by atoms with E-state index >= 15 is 0 Å². The molecule has 6 nitrogen and oxygen atoms in total. The van der Waals surface area contributed by atoms with Crippen LogP contribution in [-0.4, -0.2) is 70.2 Å². The van der Waals surface area contributed by atoms with E-state index in [1.807, 2.05) is 0 Å². The quantitative estimate of drug-likeness (QED) is 0.740. The number of amides is 1. The van der Waals surface area contributed by atoms with Gasteiger partial charge in [-0.1, -0.05) is 6.42 Å². The Morgan fingerprint density at radius 2 is 2.11 bits per heavy atom. The third kappa shape index (κ3) is 6.35. The topological polar surface area (TPSA) is 69.7 Å². The van der Waals surface area contributed by atoms with E-state index in [1.165, 1.54) is 12.8 Å². The molecule has 0 aromatic carbocycles. The van der Waals surface area contributed by atoms with E-state index in [0.717, 1.165) is 19.2 Å². The van der Waals surface area contributed by atoms with Crippen LogP contribution in [0.4, 0.5) is 0 Å². The number of piperidine rings is 1. The third-order valence-corrected chi connectivity index (χ3v) is 4.26. The van der Waals surface area contributed by atoms with Gasteiger partial charge in [-0.2, -0.15) is 0 Å². The fourth-order valence-corrected chi connectivity index (χ4v) is 2.80. The summed E-state index contributed by atoms with van der Waals surface area (Å²) in [5.74, 6) is -0.0184. The Kier molecular flexibility index (Phi) is 6.22. The van der Waals surface area contributed by atoms with Crippen LogP contribution in [0.5, 0.6) is 0 Å². The maximum atomic E-state index is 11.9. The molecule has 1 saturated heterocycles. The monoisotopic (exact) mass is 291 g/mol. The summed E-state index contributed by atoms with van der Waals surface area (Å²) < 4.78 is 24.1. The van der Waals surface area contributed by atoms with Gasteiger partial charge in [0.05, 0.1) is 6.26 Å². The highest BCUT2D eigenvalue weighted by molar-refractivity contribution is 7.88. The Morgan fingerprint density at radius 1 is 1.42 bits per heavy atom. The number of likely N-dealkylation sites (N-methyl/N-ethyl adjacent to an activating group) is 2. The second kappa shape index (κ2) is 7.21. The molecule has 1 amide bonds. The molecule has 0 aromatic heterocycles. The molecule has 1 rings (SSSR count). The van der Waals surface area contributed by atoms with Crippen LogP contribution in [0.3, 0.4) is 0 Å². The lowest BCUT2D eigenvalue weighted by atomic mass is 10.0. The highest BCUT2D eigenvalue weighted by Crippen LogP contribution is 2.15. The Labute approximate surface area is 116 Å². The van der Waals surface area contributed by atoms with Crippen molar-refractivity contribution < 1.29 is 13.2 Å². The van der Waals surface area contributed by atoms with Gasteiger partial charge in [-0.25, -0.2) is 13.1 Å². The smallest absolute Gasteiger partial charge is 0.223 e. The first-order valence-corrected chi connectivity index (χ1v) is 8.57. The highest BCUT2D eigenvalue weighted by atomic mass is 32.2. The zero-order valence-electron chi connectivity index (χ0n) is 12.1. The van der Waals surface area contributed by atoms with Gasteiger partial charge in [0.2, 0.25) is 15.9 Å². The Hall–Kier alpha value is -0.660. The molecule has 0 radical (unpaired) electrons. The van der Waals surface area contributed by atoms with Gasteiger partial charge in [0.25, 0.3) is 0 Å². The summed E-state index contributed by atoms with van der Waals surface area (Å²) in [5.41, 5.74) is 0. The lowest BCUT2D eigenvalue weighted by Gasteiger charge is -2.35. The number of carbonyl (C=O) groups is 1. The van der Waals surface area contributed by atoms with Crippen LogP contribution in [0.1, 0.15) is 25.7 Å². The minimum atomic E-state index is -3.21. The molecule has 112 valence electrons. The molecule has 1 heterocycles. The molecule has 1 aliphatic heterocycles. The molecule has 0 spiro atoms. The predicted molar refractivity (Wildman–Crippen MR) is 75.4 cm³/mol. The SMILES string of the molecule is CN(CC1CCCCN1C)C(=O)CCNS(C)(=O)=O. The van der Waals surface area contributed by atoms with Crippen molar-refractivity contribution in [3.8, 4) is 0 Å². The first kappa shape index (κ1) is 16.4. The molecule has 1 fully saturated rings. The van der Waals surface area contributed by atoms with Crippen LogP contribution in [0.2, 0.25) is 0 Å². The summed E-state index contributed by atoms with van der Waals surface area (Å²) in [6.45, 7) is 1.97. The fraction of sp³-hybridized carbons (Fsp3) is 0.917.